The summed E-state index contributed by atoms with van der Waals surface area (Å²) in [7, 11) is 0. The number of nitrogens with one attached hydrogen (secondary N) is 1. The molecule has 6 heteroatoms. The first kappa shape index (κ1) is 14.2. The third-order valence-corrected chi connectivity index (χ3v) is 4.20. The number of rotatable bonds is 3. The van der Waals surface area contributed by atoms with E-state index in [9.17, 15) is 14.4 Å². The highest BCUT2D eigenvalue weighted by Crippen LogP contribution is 2.19. The summed E-state index contributed by atoms with van der Waals surface area (Å²) in [5.74, 6) is -0.896. The minimum Gasteiger partial charge on any atom is -0.320 e. The predicted molar refractivity (Wildman–Crippen MR) is 66.5 cm³/mol. The monoisotopic (exact) mass is 304 g/mol. The van der Waals surface area contributed by atoms with E-state index in [-0.39, 0.29) is 29.1 Å². The van der Waals surface area contributed by atoms with Gasteiger partial charge in [-0.25, -0.2) is 0 Å². The predicted octanol–water partition coefficient (Wildman–Crippen LogP) is 0.669. The molecular formula is C11H17BrN2O3. The number of hydrogen-bond donors (Lipinski definition) is 1. The van der Waals surface area contributed by atoms with Crippen molar-refractivity contribution in [1.82, 2.24) is 10.2 Å². The maximum atomic E-state index is 12.1. The molecule has 0 aromatic carbocycles. The zero-order valence-electron chi connectivity index (χ0n) is 10.2. The van der Waals surface area contributed by atoms with Crippen molar-refractivity contribution in [2.75, 3.05) is 6.54 Å². The first-order valence-electron chi connectivity index (χ1n) is 5.66. The van der Waals surface area contributed by atoms with Crippen molar-refractivity contribution in [3.8, 4) is 0 Å². The van der Waals surface area contributed by atoms with Gasteiger partial charge in [0.05, 0.1) is 4.83 Å². The van der Waals surface area contributed by atoms with Crippen LogP contribution in [0.4, 0.5) is 0 Å². The molecule has 1 saturated heterocycles. The van der Waals surface area contributed by atoms with Gasteiger partial charge in [-0.15, -0.1) is 0 Å². The number of halogens is 1. The second-order valence-corrected chi connectivity index (χ2v) is 5.43. The van der Waals surface area contributed by atoms with Crippen molar-refractivity contribution >= 4 is 33.7 Å². The van der Waals surface area contributed by atoms with Crippen molar-refractivity contribution in [3.63, 3.8) is 0 Å². The molecule has 1 rings (SSSR count). The summed E-state index contributed by atoms with van der Waals surface area (Å²) in [6.07, 6.45) is 0.503. The number of hydrogen-bond acceptors (Lipinski definition) is 3. The fourth-order valence-corrected chi connectivity index (χ4v) is 2.01. The van der Waals surface area contributed by atoms with Gasteiger partial charge in [-0.1, -0.05) is 36.7 Å². The Labute approximate surface area is 109 Å². The van der Waals surface area contributed by atoms with Gasteiger partial charge in [0.25, 0.3) is 0 Å². The van der Waals surface area contributed by atoms with Gasteiger partial charge in [-0.2, -0.15) is 0 Å². The van der Waals surface area contributed by atoms with Gasteiger partial charge in [0.2, 0.25) is 17.7 Å². The van der Waals surface area contributed by atoms with E-state index in [1.54, 1.807) is 0 Å². The smallest absolute Gasteiger partial charge is 0.249 e. The topological polar surface area (TPSA) is 66.5 Å². The van der Waals surface area contributed by atoms with E-state index in [0.717, 1.165) is 0 Å². The molecule has 2 unspecified atom stereocenters. The highest BCUT2D eigenvalue weighted by atomic mass is 79.9. The highest BCUT2D eigenvalue weighted by molar-refractivity contribution is 9.10. The first-order chi connectivity index (χ1) is 7.88. The summed E-state index contributed by atoms with van der Waals surface area (Å²) in [5.41, 5.74) is 0. The molecule has 1 aliphatic rings. The lowest BCUT2D eigenvalue weighted by Crippen LogP contribution is -2.61. The first-order valence-corrected chi connectivity index (χ1v) is 6.58. The van der Waals surface area contributed by atoms with Crippen LogP contribution in [-0.4, -0.2) is 40.0 Å². The highest BCUT2D eigenvalue weighted by Gasteiger charge is 2.38. The molecule has 1 fully saturated rings. The SMILES string of the molecule is CCC1C(=O)NC(=O)CN1C(=O)C(Br)C(C)C. The average molecular weight is 305 g/mol. The molecule has 1 aliphatic heterocycles. The molecule has 0 spiro atoms. The van der Waals surface area contributed by atoms with Crippen LogP contribution < -0.4 is 5.32 Å². The number of nitrogens with zero attached hydrogens (tertiary/aromatic N) is 1. The van der Waals surface area contributed by atoms with Gasteiger partial charge in [0.1, 0.15) is 12.6 Å². The normalized spacial score (nSPS) is 22.6. The number of amides is 3. The Kier molecular flexibility index (Phi) is 4.68. The van der Waals surface area contributed by atoms with Gasteiger partial charge in [-0.3, -0.25) is 19.7 Å². The zero-order valence-corrected chi connectivity index (χ0v) is 11.8. The summed E-state index contributed by atoms with van der Waals surface area (Å²) in [6, 6.07) is -0.543. The average Bonchev–Trinajstić information content (AvgIpc) is 2.25. The Morgan fingerprint density at radius 1 is 1.53 bits per heavy atom. The summed E-state index contributed by atoms with van der Waals surface area (Å²) < 4.78 is 0. The lowest BCUT2D eigenvalue weighted by Gasteiger charge is -2.35. The van der Waals surface area contributed by atoms with Gasteiger partial charge in [0, 0.05) is 0 Å². The fourth-order valence-electron chi connectivity index (χ4n) is 1.75. The minimum absolute atomic E-state index is 0.0437. The quantitative estimate of drug-likeness (QED) is 0.615. The van der Waals surface area contributed by atoms with E-state index in [2.05, 4.69) is 21.2 Å². The molecule has 1 N–H and O–H groups in total. The molecule has 96 valence electrons. The molecule has 1 heterocycles. The molecule has 0 saturated carbocycles. The third kappa shape index (κ3) is 3.06. The van der Waals surface area contributed by atoms with E-state index in [0.29, 0.717) is 6.42 Å². The van der Waals surface area contributed by atoms with E-state index < -0.39 is 11.9 Å². The summed E-state index contributed by atoms with van der Waals surface area (Å²) in [6.45, 7) is 5.59. The Morgan fingerprint density at radius 3 is 2.59 bits per heavy atom. The van der Waals surface area contributed by atoms with Crippen LogP contribution in [0.3, 0.4) is 0 Å². The Bertz CT molecular complexity index is 344. The van der Waals surface area contributed by atoms with Crippen LogP contribution >= 0.6 is 15.9 Å². The molecule has 0 aliphatic carbocycles. The van der Waals surface area contributed by atoms with Crippen LogP contribution in [0, 0.1) is 5.92 Å². The van der Waals surface area contributed by atoms with Gasteiger partial charge < -0.3 is 4.90 Å². The maximum Gasteiger partial charge on any atom is 0.249 e. The summed E-state index contributed by atoms with van der Waals surface area (Å²) in [5, 5.41) is 2.25. The maximum absolute atomic E-state index is 12.1. The van der Waals surface area contributed by atoms with E-state index in [4.69, 9.17) is 0 Å². The lowest BCUT2D eigenvalue weighted by molar-refractivity contribution is -0.150. The molecule has 0 aromatic rings. The number of alkyl halides is 1. The molecule has 3 amide bonds. The van der Waals surface area contributed by atoms with Crippen LogP contribution in [0.1, 0.15) is 27.2 Å². The van der Waals surface area contributed by atoms with E-state index in [1.165, 1.54) is 4.90 Å². The standard InChI is InChI=1S/C11H17BrN2O3/c1-4-7-10(16)13-8(15)5-14(7)11(17)9(12)6(2)3/h6-7,9H,4-5H2,1-3H3,(H,13,15,16). The summed E-state index contributed by atoms with van der Waals surface area (Å²) >= 11 is 3.31. The van der Waals surface area contributed by atoms with Crippen LogP contribution in [0.5, 0.6) is 0 Å². The molecule has 0 aromatic heterocycles. The molecule has 17 heavy (non-hydrogen) atoms. The minimum atomic E-state index is -0.543. The van der Waals surface area contributed by atoms with E-state index >= 15 is 0 Å². The molecule has 2 atom stereocenters. The van der Waals surface area contributed by atoms with Crippen molar-refractivity contribution in [2.24, 2.45) is 5.92 Å². The molecule has 5 nitrogen and oxygen atoms in total. The Morgan fingerprint density at radius 2 is 2.12 bits per heavy atom. The third-order valence-electron chi connectivity index (χ3n) is 2.75. The molecule has 0 bridgehead atoms. The molecule has 0 radical (unpaired) electrons. The van der Waals surface area contributed by atoms with Crippen LogP contribution in [-0.2, 0) is 14.4 Å². The van der Waals surface area contributed by atoms with Crippen LogP contribution in [0.25, 0.3) is 0 Å². The zero-order chi connectivity index (χ0) is 13.2. The fraction of sp³-hybridized carbons (Fsp3) is 0.727. The second-order valence-electron chi connectivity index (χ2n) is 4.45. The Hall–Kier alpha value is -0.910. The van der Waals surface area contributed by atoms with Crippen molar-refractivity contribution in [1.29, 1.82) is 0 Å². The van der Waals surface area contributed by atoms with Gasteiger partial charge in [-0.05, 0) is 12.3 Å². The molecular weight excluding hydrogens is 288 g/mol. The number of carbonyl (C=O) groups excluding carboxylic acids is 3. The Balaban J connectivity index is 2.88. The lowest BCUT2D eigenvalue weighted by atomic mass is 10.1. The van der Waals surface area contributed by atoms with Crippen molar-refractivity contribution in [3.05, 3.63) is 0 Å². The summed E-state index contributed by atoms with van der Waals surface area (Å²) in [4.78, 5) is 36.0. The number of piperazine rings is 1. The van der Waals surface area contributed by atoms with Crippen LogP contribution in [0.15, 0.2) is 0 Å². The van der Waals surface area contributed by atoms with Gasteiger partial charge in [0.15, 0.2) is 0 Å². The van der Waals surface area contributed by atoms with Gasteiger partial charge >= 0.3 is 0 Å². The number of imide groups is 1. The van der Waals surface area contributed by atoms with Crippen molar-refractivity contribution in [2.45, 2.75) is 38.1 Å². The van der Waals surface area contributed by atoms with Crippen LogP contribution in [0.2, 0.25) is 0 Å². The van der Waals surface area contributed by atoms with Crippen molar-refractivity contribution < 1.29 is 14.4 Å². The largest absolute Gasteiger partial charge is 0.320 e. The van der Waals surface area contributed by atoms with E-state index in [1.807, 2.05) is 20.8 Å². The second kappa shape index (κ2) is 5.62. The number of carbonyl (C=O) groups is 3.